The minimum Gasteiger partial charge on any atom is -0.480 e. The van der Waals surface area contributed by atoms with Gasteiger partial charge in [0.25, 0.3) is 0 Å². The Labute approximate surface area is 124 Å². The highest BCUT2D eigenvalue weighted by molar-refractivity contribution is 5.76. The summed E-state index contributed by atoms with van der Waals surface area (Å²) in [4.78, 5) is 22.4. The molecule has 0 fully saturated rings. The quantitative estimate of drug-likeness (QED) is 0.793. The number of carbonyl (C=O) groups is 2. The normalized spacial score (nSPS) is 13.0. The maximum atomic E-state index is 11.8. The molecule has 1 atom stereocenters. The molecule has 7 nitrogen and oxygen atoms in total. The molecule has 2 N–H and O–H groups in total. The van der Waals surface area contributed by atoms with Gasteiger partial charge in [-0.2, -0.15) is 0 Å². The van der Waals surface area contributed by atoms with E-state index >= 15 is 0 Å². The van der Waals surface area contributed by atoms with Gasteiger partial charge in [0.05, 0.1) is 12.7 Å². The predicted octanol–water partition coefficient (Wildman–Crippen LogP) is 1.44. The summed E-state index contributed by atoms with van der Waals surface area (Å²) in [6.45, 7) is 8.56. The molecule has 7 heteroatoms. The Hall–Kier alpha value is -1.92. The van der Waals surface area contributed by atoms with E-state index in [9.17, 15) is 9.59 Å². The van der Waals surface area contributed by atoms with Crippen molar-refractivity contribution in [1.82, 2.24) is 20.3 Å². The molecule has 1 aromatic heterocycles. The van der Waals surface area contributed by atoms with Gasteiger partial charge in [0.1, 0.15) is 12.2 Å². The Morgan fingerprint density at radius 3 is 2.67 bits per heavy atom. The van der Waals surface area contributed by atoms with E-state index < -0.39 is 5.97 Å². The molecule has 21 heavy (non-hydrogen) atoms. The zero-order valence-corrected chi connectivity index (χ0v) is 13.1. The smallest absolute Gasteiger partial charge is 0.325 e. The molecule has 1 unspecified atom stereocenters. The second-order valence-corrected chi connectivity index (χ2v) is 6.65. The Morgan fingerprint density at radius 2 is 2.10 bits per heavy atom. The third-order valence-corrected chi connectivity index (χ3v) is 2.84. The lowest BCUT2D eigenvalue weighted by Gasteiger charge is -2.22. The molecule has 0 aliphatic carbocycles. The van der Waals surface area contributed by atoms with E-state index in [4.69, 9.17) is 5.11 Å². The number of rotatable bonds is 7. The fourth-order valence-corrected chi connectivity index (χ4v) is 2.33. The molecule has 1 aromatic rings. The molecule has 0 aliphatic heterocycles. The van der Waals surface area contributed by atoms with E-state index in [2.05, 4.69) is 43.3 Å². The average Bonchev–Trinajstić information content (AvgIpc) is 2.70. The summed E-state index contributed by atoms with van der Waals surface area (Å²) in [5, 5.41) is 18.9. The molecule has 118 valence electrons. The van der Waals surface area contributed by atoms with Crippen LogP contribution in [-0.4, -0.2) is 32.0 Å². The van der Waals surface area contributed by atoms with Gasteiger partial charge >= 0.3 is 5.97 Å². The maximum Gasteiger partial charge on any atom is 0.325 e. The van der Waals surface area contributed by atoms with Gasteiger partial charge < -0.3 is 10.4 Å². The van der Waals surface area contributed by atoms with Crippen molar-refractivity contribution in [1.29, 1.82) is 0 Å². The molecule has 1 amide bonds. The van der Waals surface area contributed by atoms with Crippen LogP contribution in [0, 0.1) is 11.3 Å². The molecule has 1 heterocycles. The highest BCUT2D eigenvalue weighted by Gasteiger charge is 2.17. The first-order chi connectivity index (χ1) is 9.65. The van der Waals surface area contributed by atoms with Crippen molar-refractivity contribution in [3.63, 3.8) is 0 Å². The summed E-state index contributed by atoms with van der Waals surface area (Å²) >= 11 is 0. The molecular formula is C14H24N4O3. The molecule has 0 saturated heterocycles. The number of aromatic nitrogens is 3. The van der Waals surface area contributed by atoms with Crippen molar-refractivity contribution in [2.75, 3.05) is 0 Å². The lowest BCUT2D eigenvalue weighted by molar-refractivity contribution is -0.138. The summed E-state index contributed by atoms with van der Waals surface area (Å²) < 4.78 is 1.23. The van der Waals surface area contributed by atoms with Gasteiger partial charge in [0.15, 0.2) is 0 Å². The van der Waals surface area contributed by atoms with Crippen LogP contribution in [0.4, 0.5) is 0 Å². The molecule has 1 rings (SSSR count). The Morgan fingerprint density at radius 1 is 1.43 bits per heavy atom. The summed E-state index contributed by atoms with van der Waals surface area (Å²) in [5.41, 5.74) is 0.757. The standard InChI is InChI=1S/C14H24N4O3/c1-10(6-14(2,3)4)5-12(19)15-7-11-8-18(17-16-11)9-13(20)21/h8,10H,5-7,9H2,1-4H3,(H,15,19)(H,20,21). The van der Waals surface area contributed by atoms with Crippen LogP contribution < -0.4 is 5.32 Å². The minimum absolute atomic E-state index is 0.0282. The fourth-order valence-electron chi connectivity index (χ4n) is 2.33. The van der Waals surface area contributed by atoms with Gasteiger partial charge in [-0.25, -0.2) is 4.68 Å². The number of aliphatic carboxylic acids is 1. The highest BCUT2D eigenvalue weighted by Crippen LogP contribution is 2.25. The van der Waals surface area contributed by atoms with Crippen LogP contribution in [0.3, 0.4) is 0 Å². The molecule has 0 radical (unpaired) electrons. The summed E-state index contributed by atoms with van der Waals surface area (Å²) in [7, 11) is 0. The first kappa shape index (κ1) is 17.1. The summed E-state index contributed by atoms with van der Waals surface area (Å²) in [6.07, 6.45) is 2.97. The van der Waals surface area contributed by atoms with Gasteiger partial charge in [0, 0.05) is 6.42 Å². The Balaban J connectivity index is 2.36. The van der Waals surface area contributed by atoms with Crippen LogP contribution in [0.15, 0.2) is 6.20 Å². The lowest BCUT2D eigenvalue weighted by Crippen LogP contribution is -2.26. The van der Waals surface area contributed by atoms with Gasteiger partial charge in [-0.05, 0) is 17.8 Å². The molecule has 0 aromatic carbocycles. The number of carbonyl (C=O) groups excluding carboxylic acids is 1. The first-order valence-electron chi connectivity index (χ1n) is 7.03. The average molecular weight is 296 g/mol. The van der Waals surface area contributed by atoms with E-state index in [0.717, 1.165) is 6.42 Å². The monoisotopic (exact) mass is 296 g/mol. The topological polar surface area (TPSA) is 97.1 Å². The number of amides is 1. The second kappa shape index (κ2) is 7.19. The SMILES string of the molecule is CC(CC(=O)NCc1cn(CC(=O)O)nn1)CC(C)(C)C. The molecule has 0 saturated carbocycles. The third-order valence-electron chi connectivity index (χ3n) is 2.84. The molecule has 0 spiro atoms. The van der Waals surface area contributed by atoms with Gasteiger partial charge in [-0.15, -0.1) is 5.10 Å². The van der Waals surface area contributed by atoms with Crippen molar-refractivity contribution in [3.8, 4) is 0 Å². The van der Waals surface area contributed by atoms with Crippen molar-refractivity contribution in [3.05, 3.63) is 11.9 Å². The van der Waals surface area contributed by atoms with Crippen molar-refractivity contribution in [2.45, 2.75) is 53.6 Å². The van der Waals surface area contributed by atoms with E-state index in [1.165, 1.54) is 10.9 Å². The van der Waals surface area contributed by atoms with E-state index in [0.29, 0.717) is 18.0 Å². The lowest BCUT2D eigenvalue weighted by atomic mass is 9.84. The molecular weight excluding hydrogens is 272 g/mol. The van der Waals surface area contributed by atoms with Gasteiger partial charge in [-0.3, -0.25) is 9.59 Å². The molecule has 0 bridgehead atoms. The van der Waals surface area contributed by atoms with Crippen LogP contribution in [0.5, 0.6) is 0 Å². The fraction of sp³-hybridized carbons (Fsp3) is 0.714. The van der Waals surface area contributed by atoms with Gasteiger partial charge in [-0.1, -0.05) is 32.9 Å². The zero-order chi connectivity index (χ0) is 16.0. The number of carboxylic acids is 1. The summed E-state index contributed by atoms with van der Waals surface area (Å²) in [6, 6.07) is 0. The number of hydrogen-bond donors (Lipinski definition) is 2. The first-order valence-corrected chi connectivity index (χ1v) is 7.03. The highest BCUT2D eigenvalue weighted by atomic mass is 16.4. The Kier molecular flexibility index (Phi) is 5.87. The molecule has 0 aliphatic rings. The van der Waals surface area contributed by atoms with E-state index in [-0.39, 0.29) is 24.4 Å². The predicted molar refractivity (Wildman–Crippen MR) is 77.4 cm³/mol. The van der Waals surface area contributed by atoms with Crippen LogP contribution in [0.2, 0.25) is 0 Å². The van der Waals surface area contributed by atoms with E-state index in [1.54, 1.807) is 0 Å². The van der Waals surface area contributed by atoms with Crippen LogP contribution in [0.25, 0.3) is 0 Å². The maximum absolute atomic E-state index is 11.8. The zero-order valence-electron chi connectivity index (χ0n) is 13.1. The second-order valence-electron chi connectivity index (χ2n) is 6.65. The van der Waals surface area contributed by atoms with Gasteiger partial charge in [0.2, 0.25) is 5.91 Å². The van der Waals surface area contributed by atoms with Crippen molar-refractivity contribution in [2.24, 2.45) is 11.3 Å². The van der Waals surface area contributed by atoms with Crippen LogP contribution in [-0.2, 0) is 22.7 Å². The van der Waals surface area contributed by atoms with Crippen LogP contribution in [0.1, 0.15) is 46.2 Å². The third kappa shape index (κ3) is 7.43. The minimum atomic E-state index is -0.980. The largest absolute Gasteiger partial charge is 0.480 e. The number of hydrogen-bond acceptors (Lipinski definition) is 4. The number of nitrogens with one attached hydrogen (secondary N) is 1. The Bertz CT molecular complexity index is 491. The van der Waals surface area contributed by atoms with Crippen molar-refractivity contribution < 1.29 is 14.7 Å². The van der Waals surface area contributed by atoms with E-state index in [1.807, 2.05) is 0 Å². The summed E-state index contributed by atoms with van der Waals surface area (Å²) in [5.74, 6) is -0.696. The number of nitrogens with zero attached hydrogens (tertiary/aromatic N) is 3. The van der Waals surface area contributed by atoms with Crippen LogP contribution >= 0.6 is 0 Å². The van der Waals surface area contributed by atoms with Crippen molar-refractivity contribution >= 4 is 11.9 Å². The number of carboxylic acid groups (broad SMARTS) is 1.